The summed E-state index contributed by atoms with van der Waals surface area (Å²) in [6, 6.07) is 0. The van der Waals surface area contributed by atoms with Gasteiger partial charge in [-0.3, -0.25) is 4.68 Å². The van der Waals surface area contributed by atoms with Crippen molar-refractivity contribution in [3.05, 3.63) is 11.9 Å². The van der Waals surface area contributed by atoms with E-state index in [9.17, 15) is 0 Å². The molecule has 1 N–H and O–H groups in total. The lowest BCUT2D eigenvalue weighted by molar-refractivity contribution is 0.172. The van der Waals surface area contributed by atoms with E-state index in [4.69, 9.17) is 0 Å². The molecule has 1 aromatic rings. The first-order valence-electron chi connectivity index (χ1n) is 5.29. The fourth-order valence-electron chi connectivity index (χ4n) is 2.20. The van der Waals surface area contributed by atoms with Gasteiger partial charge in [-0.15, -0.1) is 5.10 Å². The van der Waals surface area contributed by atoms with E-state index in [1.165, 1.54) is 12.8 Å². The molecule has 1 aromatic heterocycles. The summed E-state index contributed by atoms with van der Waals surface area (Å²) in [6.07, 6.45) is 5.84. The largest absolute Gasteiger partial charge is 0.319 e. The second-order valence-electron chi connectivity index (χ2n) is 4.24. The van der Waals surface area contributed by atoms with E-state index in [2.05, 4.69) is 15.6 Å². The number of hydrogen-bond donors (Lipinski definition) is 1. The number of rotatable bonds is 4. The van der Waals surface area contributed by atoms with E-state index in [1.807, 2.05) is 20.3 Å². The molecule has 4 nitrogen and oxygen atoms in total. The van der Waals surface area contributed by atoms with Crippen molar-refractivity contribution in [1.82, 2.24) is 20.3 Å². The Kier molecular flexibility index (Phi) is 2.82. The quantitative estimate of drug-likeness (QED) is 0.763. The average Bonchev–Trinajstić information content (AvgIpc) is 2.55. The van der Waals surface area contributed by atoms with Gasteiger partial charge in [0.25, 0.3) is 0 Å². The maximum atomic E-state index is 4.12. The smallest absolute Gasteiger partial charge is 0.0829 e. The molecule has 4 heteroatoms. The summed E-state index contributed by atoms with van der Waals surface area (Å²) in [6.45, 7) is 1.14. The molecule has 2 unspecified atom stereocenters. The first-order chi connectivity index (χ1) is 6.79. The lowest BCUT2D eigenvalue weighted by atomic mass is 9.71. The van der Waals surface area contributed by atoms with Crippen LogP contribution in [0.25, 0.3) is 0 Å². The van der Waals surface area contributed by atoms with Crippen LogP contribution in [0.15, 0.2) is 6.20 Å². The Hall–Kier alpha value is -0.900. The van der Waals surface area contributed by atoms with Gasteiger partial charge in [0.2, 0.25) is 0 Å². The highest BCUT2D eigenvalue weighted by atomic mass is 15.4. The number of aromatic nitrogens is 3. The lowest BCUT2D eigenvalue weighted by Crippen LogP contribution is -2.35. The lowest BCUT2D eigenvalue weighted by Gasteiger charge is -2.36. The van der Waals surface area contributed by atoms with Crippen LogP contribution in [0.1, 0.15) is 18.5 Å². The van der Waals surface area contributed by atoms with E-state index >= 15 is 0 Å². The van der Waals surface area contributed by atoms with E-state index in [0.717, 1.165) is 30.5 Å². The van der Waals surface area contributed by atoms with Crippen LogP contribution in [0.3, 0.4) is 0 Å². The third-order valence-electron chi connectivity index (χ3n) is 3.16. The molecule has 0 aliphatic heterocycles. The van der Waals surface area contributed by atoms with Gasteiger partial charge in [0, 0.05) is 13.2 Å². The molecule has 1 heterocycles. The summed E-state index contributed by atoms with van der Waals surface area (Å²) >= 11 is 0. The predicted octanol–water partition coefficient (Wildman–Crippen LogP) is 0.603. The molecule has 1 fully saturated rings. The maximum absolute atomic E-state index is 4.12. The fourth-order valence-corrected chi connectivity index (χ4v) is 2.20. The van der Waals surface area contributed by atoms with Crippen LogP contribution in [0.5, 0.6) is 0 Å². The van der Waals surface area contributed by atoms with Gasteiger partial charge >= 0.3 is 0 Å². The van der Waals surface area contributed by atoms with Crippen LogP contribution < -0.4 is 5.32 Å². The zero-order valence-electron chi connectivity index (χ0n) is 8.90. The van der Waals surface area contributed by atoms with Gasteiger partial charge < -0.3 is 5.32 Å². The van der Waals surface area contributed by atoms with Crippen molar-refractivity contribution >= 4 is 0 Å². The molecule has 0 bridgehead atoms. The SMILES string of the molecule is CNCC1CCC1Cc1cn(C)nn1. The maximum Gasteiger partial charge on any atom is 0.0829 e. The molecule has 0 radical (unpaired) electrons. The first kappa shape index (κ1) is 9.65. The molecule has 0 spiro atoms. The van der Waals surface area contributed by atoms with Crippen molar-refractivity contribution in [1.29, 1.82) is 0 Å². The Bertz CT molecular complexity index is 294. The predicted molar refractivity (Wildman–Crippen MR) is 54.8 cm³/mol. The van der Waals surface area contributed by atoms with E-state index in [-0.39, 0.29) is 0 Å². The fraction of sp³-hybridized carbons (Fsp3) is 0.800. The topological polar surface area (TPSA) is 42.7 Å². The van der Waals surface area contributed by atoms with E-state index in [0.29, 0.717) is 0 Å². The zero-order chi connectivity index (χ0) is 9.97. The summed E-state index contributed by atoms with van der Waals surface area (Å²) in [5.41, 5.74) is 1.14. The monoisotopic (exact) mass is 194 g/mol. The van der Waals surface area contributed by atoms with Gasteiger partial charge in [-0.05, 0) is 44.7 Å². The van der Waals surface area contributed by atoms with Crippen LogP contribution in [0, 0.1) is 11.8 Å². The molecule has 78 valence electrons. The number of hydrogen-bond acceptors (Lipinski definition) is 3. The van der Waals surface area contributed by atoms with Crippen LogP contribution >= 0.6 is 0 Å². The first-order valence-corrected chi connectivity index (χ1v) is 5.29. The second-order valence-corrected chi connectivity index (χ2v) is 4.24. The van der Waals surface area contributed by atoms with E-state index < -0.39 is 0 Å². The summed E-state index contributed by atoms with van der Waals surface area (Å²) < 4.78 is 1.78. The van der Waals surface area contributed by atoms with E-state index in [1.54, 1.807) is 4.68 Å². The van der Waals surface area contributed by atoms with Crippen LogP contribution in [0.4, 0.5) is 0 Å². The molecular formula is C10H18N4. The van der Waals surface area contributed by atoms with Gasteiger partial charge in [0.05, 0.1) is 5.69 Å². The molecule has 0 aromatic carbocycles. The minimum Gasteiger partial charge on any atom is -0.319 e. The highest BCUT2D eigenvalue weighted by Gasteiger charge is 2.30. The van der Waals surface area contributed by atoms with Gasteiger partial charge in [-0.2, -0.15) is 0 Å². The van der Waals surface area contributed by atoms with Crippen molar-refractivity contribution in [2.45, 2.75) is 19.3 Å². The second kappa shape index (κ2) is 4.09. The Morgan fingerprint density at radius 2 is 2.29 bits per heavy atom. The van der Waals surface area contributed by atoms with Crippen molar-refractivity contribution < 1.29 is 0 Å². The molecule has 1 aliphatic carbocycles. The summed E-state index contributed by atoms with van der Waals surface area (Å²) in [7, 11) is 3.94. The van der Waals surface area contributed by atoms with Crippen molar-refractivity contribution in [3.63, 3.8) is 0 Å². The Balaban J connectivity index is 1.86. The zero-order valence-corrected chi connectivity index (χ0v) is 8.90. The molecule has 1 saturated carbocycles. The highest BCUT2D eigenvalue weighted by molar-refractivity contribution is 4.97. The molecule has 2 rings (SSSR count). The molecule has 0 saturated heterocycles. The third kappa shape index (κ3) is 1.95. The van der Waals surface area contributed by atoms with Gasteiger partial charge in [-0.25, -0.2) is 0 Å². The standard InChI is InChI=1S/C10H18N4/c1-11-6-9-4-3-8(9)5-10-7-14(2)13-12-10/h7-9,11H,3-6H2,1-2H3. The third-order valence-corrected chi connectivity index (χ3v) is 3.16. The van der Waals surface area contributed by atoms with Gasteiger partial charge in [-0.1, -0.05) is 5.21 Å². The van der Waals surface area contributed by atoms with Gasteiger partial charge in [0.15, 0.2) is 0 Å². The van der Waals surface area contributed by atoms with Crippen molar-refractivity contribution in [2.75, 3.05) is 13.6 Å². The molecule has 0 amide bonds. The Morgan fingerprint density at radius 1 is 1.50 bits per heavy atom. The van der Waals surface area contributed by atoms with Gasteiger partial charge in [0.1, 0.15) is 0 Å². The van der Waals surface area contributed by atoms with Crippen molar-refractivity contribution in [2.24, 2.45) is 18.9 Å². The Morgan fingerprint density at radius 3 is 2.79 bits per heavy atom. The molecule has 14 heavy (non-hydrogen) atoms. The van der Waals surface area contributed by atoms with Crippen LogP contribution in [-0.4, -0.2) is 28.6 Å². The molecular weight excluding hydrogens is 176 g/mol. The normalized spacial score (nSPS) is 26.1. The van der Waals surface area contributed by atoms with Crippen molar-refractivity contribution in [3.8, 4) is 0 Å². The highest BCUT2D eigenvalue weighted by Crippen LogP contribution is 2.35. The molecule has 2 atom stereocenters. The minimum absolute atomic E-state index is 0.819. The Labute approximate surface area is 84.7 Å². The van der Waals surface area contributed by atoms with Crippen LogP contribution in [0.2, 0.25) is 0 Å². The number of nitrogens with zero attached hydrogens (tertiary/aromatic N) is 3. The number of nitrogens with one attached hydrogen (secondary N) is 1. The van der Waals surface area contributed by atoms with Crippen LogP contribution in [-0.2, 0) is 13.5 Å². The summed E-state index contributed by atoms with van der Waals surface area (Å²) in [5, 5.41) is 11.3. The summed E-state index contributed by atoms with van der Waals surface area (Å²) in [4.78, 5) is 0. The average molecular weight is 194 g/mol. The summed E-state index contributed by atoms with van der Waals surface area (Å²) in [5.74, 6) is 1.67. The minimum atomic E-state index is 0.819. The number of aryl methyl sites for hydroxylation is 1. The molecule has 1 aliphatic rings.